The molecule has 3 unspecified atom stereocenters. The summed E-state index contributed by atoms with van der Waals surface area (Å²) in [6.45, 7) is 3.09. The van der Waals surface area contributed by atoms with Crippen LogP contribution < -0.4 is 0 Å². The fourth-order valence-corrected chi connectivity index (χ4v) is 3.64. The maximum atomic E-state index is 11.5. The molecule has 6 nitrogen and oxygen atoms in total. The highest BCUT2D eigenvalue weighted by molar-refractivity contribution is 6.35. The van der Waals surface area contributed by atoms with Crippen molar-refractivity contribution in [3.8, 4) is 0 Å². The van der Waals surface area contributed by atoms with E-state index in [2.05, 4.69) is 10.1 Å². The standard InChI is InChI=1S/C17H21Cl2N3O3/c1-2-17(23,14-6-5-12(18)8-15(14)19)16(22-11-20-10-21-22)25-13-4-3-7-24-9-13/h5-6,8,10-11,13,16,23H,2-4,7,9H2,1H3. The average Bonchev–Trinajstić information content (AvgIpc) is 3.14. The summed E-state index contributed by atoms with van der Waals surface area (Å²) in [6, 6.07) is 5.03. The molecule has 3 atom stereocenters. The lowest BCUT2D eigenvalue weighted by molar-refractivity contribution is -0.201. The van der Waals surface area contributed by atoms with E-state index in [1.54, 1.807) is 18.2 Å². The smallest absolute Gasteiger partial charge is 0.185 e. The maximum Gasteiger partial charge on any atom is 0.185 e. The molecule has 0 spiro atoms. The SMILES string of the molecule is CCC(O)(c1ccc(Cl)cc1Cl)C(OC1CCCOC1)n1cncn1. The molecule has 1 aliphatic rings. The van der Waals surface area contributed by atoms with Gasteiger partial charge in [0.05, 0.1) is 12.7 Å². The van der Waals surface area contributed by atoms with Crippen LogP contribution in [0.2, 0.25) is 10.0 Å². The number of nitrogens with zero attached hydrogens (tertiary/aromatic N) is 3. The van der Waals surface area contributed by atoms with Gasteiger partial charge in [0.1, 0.15) is 18.3 Å². The van der Waals surface area contributed by atoms with Gasteiger partial charge in [-0.3, -0.25) is 0 Å². The normalized spacial score (nSPS) is 21.7. The molecule has 0 amide bonds. The Labute approximate surface area is 156 Å². The number of halogens is 2. The van der Waals surface area contributed by atoms with Crippen molar-refractivity contribution in [1.82, 2.24) is 14.8 Å². The van der Waals surface area contributed by atoms with E-state index in [4.69, 9.17) is 32.7 Å². The molecule has 0 radical (unpaired) electrons. The molecule has 25 heavy (non-hydrogen) atoms. The van der Waals surface area contributed by atoms with Crippen LogP contribution in [0.3, 0.4) is 0 Å². The Balaban J connectivity index is 1.98. The lowest BCUT2D eigenvalue weighted by atomic mass is 9.88. The molecule has 0 bridgehead atoms. The fourth-order valence-electron chi connectivity index (χ4n) is 3.07. The molecule has 136 valence electrons. The molecule has 1 saturated heterocycles. The predicted octanol–water partition coefficient (Wildman–Crippen LogP) is 3.58. The highest BCUT2D eigenvalue weighted by Gasteiger charge is 2.43. The highest BCUT2D eigenvalue weighted by Crippen LogP contribution is 2.42. The first-order valence-corrected chi connectivity index (χ1v) is 9.05. The fraction of sp³-hybridized carbons (Fsp3) is 0.529. The second-order valence-corrected chi connectivity index (χ2v) is 6.95. The van der Waals surface area contributed by atoms with Gasteiger partial charge in [0.15, 0.2) is 6.23 Å². The van der Waals surface area contributed by atoms with E-state index in [1.165, 1.54) is 17.3 Å². The minimum absolute atomic E-state index is 0.132. The monoisotopic (exact) mass is 385 g/mol. The van der Waals surface area contributed by atoms with E-state index in [0.29, 0.717) is 28.6 Å². The molecule has 1 aromatic heterocycles. The van der Waals surface area contributed by atoms with E-state index < -0.39 is 11.8 Å². The van der Waals surface area contributed by atoms with Crippen LogP contribution in [0.25, 0.3) is 0 Å². The van der Waals surface area contributed by atoms with E-state index in [9.17, 15) is 5.11 Å². The molecule has 1 N–H and O–H groups in total. The van der Waals surface area contributed by atoms with Crippen LogP contribution in [0.15, 0.2) is 30.9 Å². The minimum atomic E-state index is -1.40. The van der Waals surface area contributed by atoms with Gasteiger partial charge in [-0.15, -0.1) is 0 Å². The summed E-state index contributed by atoms with van der Waals surface area (Å²) in [6.07, 6.45) is 4.16. The summed E-state index contributed by atoms with van der Waals surface area (Å²) in [5.74, 6) is 0. The average molecular weight is 386 g/mol. The van der Waals surface area contributed by atoms with Crippen molar-refractivity contribution in [2.45, 2.75) is 44.1 Å². The van der Waals surface area contributed by atoms with Crippen LogP contribution in [0.1, 0.15) is 38.0 Å². The number of benzene rings is 1. The van der Waals surface area contributed by atoms with Crippen molar-refractivity contribution in [2.24, 2.45) is 0 Å². The zero-order valence-corrected chi connectivity index (χ0v) is 15.5. The lowest BCUT2D eigenvalue weighted by Gasteiger charge is -2.38. The van der Waals surface area contributed by atoms with Gasteiger partial charge in [-0.05, 0) is 31.4 Å². The molecule has 2 aromatic rings. The van der Waals surface area contributed by atoms with Gasteiger partial charge >= 0.3 is 0 Å². The highest BCUT2D eigenvalue weighted by atomic mass is 35.5. The van der Waals surface area contributed by atoms with Gasteiger partial charge in [0.25, 0.3) is 0 Å². The minimum Gasteiger partial charge on any atom is -0.380 e. The number of ether oxygens (including phenoxy) is 2. The Kier molecular flexibility index (Phi) is 5.96. The first-order chi connectivity index (χ1) is 12.0. The third-order valence-corrected chi connectivity index (χ3v) is 5.01. The lowest BCUT2D eigenvalue weighted by Crippen LogP contribution is -2.42. The largest absolute Gasteiger partial charge is 0.380 e. The van der Waals surface area contributed by atoms with E-state index >= 15 is 0 Å². The molecule has 8 heteroatoms. The number of aliphatic hydroxyl groups is 1. The molecule has 2 heterocycles. The number of hydrogen-bond acceptors (Lipinski definition) is 5. The van der Waals surface area contributed by atoms with Gasteiger partial charge in [-0.25, -0.2) is 9.67 Å². The Bertz CT molecular complexity index is 692. The number of aromatic nitrogens is 3. The zero-order chi connectivity index (χ0) is 17.9. The first kappa shape index (κ1) is 18.6. The Morgan fingerprint density at radius 1 is 1.48 bits per heavy atom. The van der Waals surface area contributed by atoms with Crippen molar-refractivity contribution < 1.29 is 14.6 Å². The zero-order valence-electron chi connectivity index (χ0n) is 13.9. The van der Waals surface area contributed by atoms with Crippen LogP contribution in [0.4, 0.5) is 0 Å². The third-order valence-electron chi connectivity index (χ3n) is 4.46. The van der Waals surface area contributed by atoms with Crippen molar-refractivity contribution in [2.75, 3.05) is 13.2 Å². The summed E-state index contributed by atoms with van der Waals surface area (Å²) in [5, 5.41) is 16.6. The van der Waals surface area contributed by atoms with Crippen molar-refractivity contribution >= 4 is 23.2 Å². The molecular formula is C17H21Cl2N3O3. The number of rotatable bonds is 6. The van der Waals surface area contributed by atoms with Crippen molar-refractivity contribution in [3.05, 3.63) is 46.5 Å². The number of hydrogen-bond donors (Lipinski definition) is 1. The van der Waals surface area contributed by atoms with Crippen LogP contribution in [0, 0.1) is 0 Å². The van der Waals surface area contributed by atoms with Crippen molar-refractivity contribution in [3.63, 3.8) is 0 Å². The predicted molar refractivity (Wildman–Crippen MR) is 94.6 cm³/mol. The topological polar surface area (TPSA) is 69.4 Å². The Morgan fingerprint density at radius 3 is 2.92 bits per heavy atom. The molecule has 1 fully saturated rings. The molecule has 3 rings (SSSR count). The molecule has 0 aliphatic carbocycles. The molecule has 0 saturated carbocycles. The summed E-state index contributed by atoms with van der Waals surface area (Å²) in [5.41, 5.74) is -0.856. The summed E-state index contributed by atoms with van der Waals surface area (Å²) in [4.78, 5) is 3.99. The molecule has 1 aromatic carbocycles. The quantitative estimate of drug-likeness (QED) is 0.822. The second-order valence-electron chi connectivity index (χ2n) is 6.11. The van der Waals surface area contributed by atoms with Gasteiger partial charge in [-0.1, -0.05) is 36.2 Å². The third kappa shape index (κ3) is 3.99. The molecular weight excluding hydrogens is 365 g/mol. The van der Waals surface area contributed by atoms with Gasteiger partial charge in [-0.2, -0.15) is 5.10 Å². The van der Waals surface area contributed by atoms with Gasteiger partial charge < -0.3 is 14.6 Å². The van der Waals surface area contributed by atoms with Crippen LogP contribution >= 0.6 is 23.2 Å². The maximum absolute atomic E-state index is 11.5. The summed E-state index contributed by atoms with van der Waals surface area (Å²) < 4.78 is 13.2. The molecule has 1 aliphatic heterocycles. The Morgan fingerprint density at radius 2 is 2.32 bits per heavy atom. The summed E-state index contributed by atoms with van der Waals surface area (Å²) >= 11 is 12.4. The van der Waals surface area contributed by atoms with Crippen LogP contribution in [-0.2, 0) is 15.1 Å². The van der Waals surface area contributed by atoms with Crippen molar-refractivity contribution in [1.29, 1.82) is 0 Å². The first-order valence-electron chi connectivity index (χ1n) is 8.30. The van der Waals surface area contributed by atoms with E-state index in [0.717, 1.165) is 19.4 Å². The second kappa shape index (κ2) is 8.01. The van der Waals surface area contributed by atoms with Gasteiger partial charge in [0, 0.05) is 22.2 Å². The Hall–Kier alpha value is -1.18. The van der Waals surface area contributed by atoms with E-state index in [-0.39, 0.29) is 6.10 Å². The summed E-state index contributed by atoms with van der Waals surface area (Å²) in [7, 11) is 0. The van der Waals surface area contributed by atoms with Crippen LogP contribution in [0.5, 0.6) is 0 Å². The van der Waals surface area contributed by atoms with Gasteiger partial charge in [0.2, 0.25) is 0 Å². The van der Waals surface area contributed by atoms with Crippen LogP contribution in [-0.4, -0.2) is 39.2 Å². The van der Waals surface area contributed by atoms with E-state index in [1.807, 2.05) is 6.92 Å².